The summed E-state index contributed by atoms with van der Waals surface area (Å²) in [6.45, 7) is 2.05. The van der Waals surface area contributed by atoms with Crippen molar-refractivity contribution in [2.75, 3.05) is 12.0 Å². The third kappa shape index (κ3) is 5.39. The highest BCUT2D eigenvalue weighted by Crippen LogP contribution is 2.31. The molecule has 0 spiro atoms. The number of urea groups is 1. The molecule has 4 amide bonds. The first-order valence-electron chi connectivity index (χ1n) is 10.5. The van der Waals surface area contributed by atoms with Gasteiger partial charge in [0.05, 0.1) is 12.8 Å². The van der Waals surface area contributed by atoms with Crippen LogP contribution in [-0.4, -0.2) is 25.0 Å². The summed E-state index contributed by atoms with van der Waals surface area (Å²) in [6.07, 6.45) is 1.41. The topological polar surface area (TPSA) is 84.9 Å². The monoisotopic (exact) mass is 554 g/mol. The number of anilines is 1. The molecule has 7 nitrogen and oxygen atoms in total. The molecule has 1 saturated heterocycles. The van der Waals surface area contributed by atoms with Gasteiger partial charge in [0.2, 0.25) is 0 Å². The van der Waals surface area contributed by atoms with Crippen molar-refractivity contribution in [1.82, 2.24) is 5.32 Å². The van der Waals surface area contributed by atoms with E-state index < -0.39 is 17.8 Å². The smallest absolute Gasteiger partial charge is 0.335 e. The quantitative estimate of drug-likeness (QED) is 0.313. The van der Waals surface area contributed by atoms with Gasteiger partial charge in [-0.3, -0.25) is 14.9 Å². The van der Waals surface area contributed by atoms with Crippen LogP contribution in [0.5, 0.6) is 11.5 Å². The number of rotatable bonds is 6. The van der Waals surface area contributed by atoms with E-state index in [2.05, 4.69) is 21.2 Å². The largest absolute Gasteiger partial charge is 0.493 e. The van der Waals surface area contributed by atoms with E-state index >= 15 is 0 Å². The number of methoxy groups -OCH3 is 1. The molecule has 0 unspecified atom stereocenters. The van der Waals surface area contributed by atoms with E-state index in [9.17, 15) is 14.4 Å². The van der Waals surface area contributed by atoms with Crippen molar-refractivity contribution in [2.24, 2.45) is 0 Å². The average molecular weight is 556 g/mol. The van der Waals surface area contributed by atoms with Gasteiger partial charge in [0.15, 0.2) is 11.5 Å². The van der Waals surface area contributed by atoms with Gasteiger partial charge in [-0.2, -0.15) is 0 Å². The van der Waals surface area contributed by atoms with Crippen LogP contribution in [0.15, 0.2) is 70.7 Å². The number of benzene rings is 3. The van der Waals surface area contributed by atoms with E-state index in [1.165, 1.54) is 13.2 Å². The number of barbiturate groups is 1. The number of halogens is 2. The normalized spacial score (nSPS) is 14.8. The lowest BCUT2D eigenvalue weighted by atomic mass is 10.1. The number of hydrogen-bond acceptors (Lipinski definition) is 5. The van der Waals surface area contributed by atoms with Crippen molar-refractivity contribution in [3.63, 3.8) is 0 Å². The minimum Gasteiger partial charge on any atom is -0.493 e. The second-order valence-corrected chi connectivity index (χ2v) is 9.07. The molecule has 178 valence electrons. The van der Waals surface area contributed by atoms with Gasteiger partial charge >= 0.3 is 6.03 Å². The van der Waals surface area contributed by atoms with E-state index in [0.717, 1.165) is 14.9 Å². The number of ether oxygens (including phenoxy) is 2. The summed E-state index contributed by atoms with van der Waals surface area (Å²) in [4.78, 5) is 39.2. The molecule has 0 saturated carbocycles. The summed E-state index contributed by atoms with van der Waals surface area (Å²) in [5.74, 6) is -0.589. The molecule has 4 rings (SSSR count). The Morgan fingerprint density at radius 3 is 2.54 bits per heavy atom. The summed E-state index contributed by atoms with van der Waals surface area (Å²) in [5, 5.41) is 2.85. The summed E-state index contributed by atoms with van der Waals surface area (Å²) < 4.78 is 12.1. The van der Waals surface area contributed by atoms with E-state index in [-0.39, 0.29) is 12.2 Å². The Hall–Kier alpha value is -3.62. The first-order chi connectivity index (χ1) is 16.8. The zero-order valence-corrected chi connectivity index (χ0v) is 21.1. The number of imide groups is 2. The van der Waals surface area contributed by atoms with Crippen molar-refractivity contribution in [3.8, 4) is 11.5 Å². The predicted octanol–water partition coefficient (Wildman–Crippen LogP) is 5.66. The molecular formula is C26H20BrClN2O5. The standard InChI is InChI=1S/C26H20BrClN2O5/c1-15-10-18(27)7-8-21(15)30-25(32)20(24(31)29-26(30)33)12-16-6-9-22(23(13-16)34-2)35-14-17-4-3-5-19(28)11-17/h3-13H,14H2,1-2H3,(H,29,31,33)/b20-12-. The minimum absolute atomic E-state index is 0.179. The fraction of sp³-hybridized carbons (Fsp3) is 0.115. The van der Waals surface area contributed by atoms with E-state index in [1.807, 2.05) is 12.1 Å². The number of carbonyl (C=O) groups is 3. The number of nitrogens with zero attached hydrogens (tertiary/aromatic N) is 1. The number of hydrogen-bond donors (Lipinski definition) is 1. The number of carbonyl (C=O) groups excluding carboxylic acids is 3. The van der Waals surface area contributed by atoms with Crippen LogP contribution in [0.1, 0.15) is 16.7 Å². The highest BCUT2D eigenvalue weighted by atomic mass is 79.9. The van der Waals surface area contributed by atoms with Crippen LogP contribution in [0, 0.1) is 6.92 Å². The van der Waals surface area contributed by atoms with Gasteiger partial charge in [0, 0.05) is 9.50 Å². The summed E-state index contributed by atoms with van der Waals surface area (Å²) >= 11 is 9.39. The van der Waals surface area contributed by atoms with Crippen LogP contribution < -0.4 is 19.7 Å². The Balaban J connectivity index is 1.61. The Kier molecular flexibility index (Phi) is 7.23. The fourth-order valence-electron chi connectivity index (χ4n) is 3.59. The molecule has 0 aliphatic carbocycles. The summed E-state index contributed by atoms with van der Waals surface area (Å²) in [6, 6.07) is 16.7. The van der Waals surface area contributed by atoms with Gasteiger partial charge in [-0.25, -0.2) is 9.69 Å². The maximum absolute atomic E-state index is 13.2. The lowest BCUT2D eigenvalue weighted by Crippen LogP contribution is -2.54. The Morgan fingerprint density at radius 1 is 1.03 bits per heavy atom. The SMILES string of the molecule is COc1cc(/C=C2/C(=O)NC(=O)N(c3ccc(Br)cc3C)C2=O)ccc1OCc1cccc(Cl)c1. The second kappa shape index (κ2) is 10.3. The maximum Gasteiger partial charge on any atom is 0.335 e. The van der Waals surface area contributed by atoms with Crippen LogP contribution in [0.3, 0.4) is 0 Å². The third-order valence-electron chi connectivity index (χ3n) is 5.28. The van der Waals surface area contributed by atoms with Gasteiger partial charge in [0.1, 0.15) is 12.2 Å². The zero-order chi connectivity index (χ0) is 25.1. The van der Waals surface area contributed by atoms with Gasteiger partial charge in [-0.1, -0.05) is 45.7 Å². The molecule has 1 N–H and O–H groups in total. The number of nitrogens with one attached hydrogen (secondary N) is 1. The molecule has 3 aromatic rings. The molecule has 0 radical (unpaired) electrons. The van der Waals surface area contributed by atoms with E-state index in [1.54, 1.807) is 55.5 Å². The lowest BCUT2D eigenvalue weighted by Gasteiger charge is -2.27. The van der Waals surface area contributed by atoms with Crippen LogP contribution in [-0.2, 0) is 16.2 Å². The molecule has 0 aromatic heterocycles. The number of amides is 4. The van der Waals surface area contributed by atoms with Gasteiger partial charge < -0.3 is 9.47 Å². The fourth-order valence-corrected chi connectivity index (χ4v) is 4.28. The van der Waals surface area contributed by atoms with Crippen LogP contribution in [0.25, 0.3) is 6.08 Å². The molecule has 0 atom stereocenters. The summed E-state index contributed by atoms with van der Waals surface area (Å²) in [7, 11) is 1.49. The van der Waals surface area contributed by atoms with Crippen molar-refractivity contribution in [2.45, 2.75) is 13.5 Å². The Labute approximate surface area is 215 Å². The maximum atomic E-state index is 13.2. The molecule has 1 fully saturated rings. The van der Waals surface area contributed by atoms with Gasteiger partial charge in [-0.05, 0) is 72.2 Å². The lowest BCUT2D eigenvalue weighted by molar-refractivity contribution is -0.122. The molecule has 1 aliphatic rings. The van der Waals surface area contributed by atoms with Gasteiger partial charge in [-0.15, -0.1) is 0 Å². The van der Waals surface area contributed by atoms with Crippen LogP contribution in [0.2, 0.25) is 5.02 Å². The Morgan fingerprint density at radius 2 is 1.83 bits per heavy atom. The van der Waals surface area contributed by atoms with E-state index in [0.29, 0.717) is 33.3 Å². The molecular weight excluding hydrogens is 536 g/mol. The van der Waals surface area contributed by atoms with E-state index in [4.69, 9.17) is 21.1 Å². The predicted molar refractivity (Wildman–Crippen MR) is 137 cm³/mol. The first kappa shape index (κ1) is 24.5. The second-order valence-electron chi connectivity index (χ2n) is 7.72. The molecule has 1 aliphatic heterocycles. The van der Waals surface area contributed by atoms with Crippen molar-refractivity contribution >= 4 is 57.1 Å². The zero-order valence-electron chi connectivity index (χ0n) is 18.8. The molecule has 35 heavy (non-hydrogen) atoms. The first-order valence-corrected chi connectivity index (χ1v) is 11.7. The van der Waals surface area contributed by atoms with Gasteiger partial charge in [0.25, 0.3) is 11.8 Å². The van der Waals surface area contributed by atoms with Crippen molar-refractivity contribution in [1.29, 1.82) is 0 Å². The van der Waals surface area contributed by atoms with Crippen LogP contribution >= 0.6 is 27.5 Å². The minimum atomic E-state index is -0.801. The molecule has 0 bridgehead atoms. The van der Waals surface area contributed by atoms with Crippen molar-refractivity contribution < 1.29 is 23.9 Å². The third-order valence-corrected chi connectivity index (χ3v) is 6.01. The highest BCUT2D eigenvalue weighted by molar-refractivity contribution is 9.10. The Bertz CT molecular complexity index is 1370. The molecule has 3 aromatic carbocycles. The number of aryl methyl sites for hydroxylation is 1. The average Bonchev–Trinajstić information content (AvgIpc) is 2.82. The van der Waals surface area contributed by atoms with Crippen molar-refractivity contribution in [3.05, 3.63) is 92.4 Å². The molecule has 9 heteroatoms. The molecule has 1 heterocycles. The highest BCUT2D eigenvalue weighted by Gasteiger charge is 2.37. The summed E-state index contributed by atoms with van der Waals surface area (Å²) in [5.41, 5.74) is 2.32. The van der Waals surface area contributed by atoms with Crippen LogP contribution in [0.4, 0.5) is 10.5 Å².